The monoisotopic (exact) mass is 225 g/mol. The average molecular weight is 225 g/mol. The molecule has 0 radical (unpaired) electrons. The fourth-order valence-electron chi connectivity index (χ4n) is 1.69. The molecule has 0 N–H and O–H groups in total. The molecule has 0 aliphatic carbocycles. The number of rotatable bonds is 3. The molecule has 0 amide bonds. The molecule has 0 aromatic heterocycles. The zero-order valence-corrected chi connectivity index (χ0v) is 9.83. The lowest BCUT2D eigenvalue weighted by atomic mass is 10.1. The van der Waals surface area contributed by atoms with Crippen LogP contribution in [-0.2, 0) is 0 Å². The van der Waals surface area contributed by atoms with Crippen molar-refractivity contribution in [1.82, 2.24) is 4.90 Å². The Hall–Kier alpha value is -0.870. The Balaban J connectivity index is 2.28. The van der Waals surface area contributed by atoms with E-state index in [0.717, 1.165) is 17.3 Å². The number of hydrogen-bond acceptors (Lipinski definition) is 4. The second kappa shape index (κ2) is 4.33. The summed E-state index contributed by atoms with van der Waals surface area (Å²) < 4.78 is 10.6. The van der Waals surface area contributed by atoms with E-state index in [1.165, 1.54) is 5.56 Å². The minimum absolute atomic E-state index is 0.308. The van der Waals surface area contributed by atoms with Gasteiger partial charge in [0.05, 0.1) is 0 Å². The first-order valence-electron chi connectivity index (χ1n) is 4.89. The highest BCUT2D eigenvalue weighted by Gasteiger charge is 2.18. The first kappa shape index (κ1) is 10.6. The minimum Gasteiger partial charge on any atom is -0.454 e. The molecule has 3 nitrogen and oxygen atoms in total. The van der Waals surface area contributed by atoms with Crippen LogP contribution < -0.4 is 9.47 Å². The molecule has 1 aromatic rings. The molecule has 0 saturated carbocycles. The van der Waals surface area contributed by atoms with Crippen molar-refractivity contribution in [2.24, 2.45) is 0 Å². The maximum Gasteiger partial charge on any atom is 0.231 e. The molecule has 0 fully saturated rings. The predicted octanol–water partition coefficient (Wildman–Crippen LogP) is 1.95. The molecule has 0 bridgehead atoms. The lowest BCUT2D eigenvalue weighted by Crippen LogP contribution is -2.21. The van der Waals surface area contributed by atoms with Crippen LogP contribution in [0.25, 0.3) is 0 Å². The van der Waals surface area contributed by atoms with Crippen molar-refractivity contribution in [3.05, 3.63) is 23.8 Å². The van der Waals surface area contributed by atoms with Crippen molar-refractivity contribution in [2.75, 3.05) is 26.6 Å². The number of nitrogens with zero attached hydrogens (tertiary/aromatic N) is 1. The molecule has 1 aliphatic heterocycles. The van der Waals surface area contributed by atoms with Gasteiger partial charge in [-0.25, -0.2) is 0 Å². The third kappa shape index (κ3) is 2.06. The van der Waals surface area contributed by atoms with Crippen LogP contribution in [0.1, 0.15) is 11.6 Å². The molecule has 0 spiro atoms. The summed E-state index contributed by atoms with van der Waals surface area (Å²) in [4.78, 5) is 2.14. The van der Waals surface area contributed by atoms with Gasteiger partial charge >= 0.3 is 0 Å². The van der Waals surface area contributed by atoms with Crippen molar-refractivity contribution in [3.63, 3.8) is 0 Å². The summed E-state index contributed by atoms with van der Waals surface area (Å²) in [6, 6.07) is 6.36. The number of fused-ring (bicyclic) bond motifs is 1. The van der Waals surface area contributed by atoms with Gasteiger partial charge in [0, 0.05) is 11.8 Å². The number of benzene rings is 1. The van der Waals surface area contributed by atoms with Crippen LogP contribution in [-0.4, -0.2) is 31.5 Å². The molecule has 1 aliphatic rings. The highest BCUT2D eigenvalue weighted by Crippen LogP contribution is 2.35. The SMILES string of the molecule is CN(C)C(CS)c1ccc2c(c1)OCO2. The van der Waals surface area contributed by atoms with E-state index >= 15 is 0 Å². The van der Waals surface area contributed by atoms with E-state index in [9.17, 15) is 0 Å². The normalized spacial score (nSPS) is 15.7. The molecule has 15 heavy (non-hydrogen) atoms. The van der Waals surface area contributed by atoms with Crippen molar-refractivity contribution < 1.29 is 9.47 Å². The number of hydrogen-bond donors (Lipinski definition) is 1. The molecule has 0 saturated heterocycles. The van der Waals surface area contributed by atoms with Gasteiger partial charge in [0.2, 0.25) is 6.79 Å². The van der Waals surface area contributed by atoms with E-state index < -0.39 is 0 Å². The van der Waals surface area contributed by atoms with Gasteiger partial charge in [-0.05, 0) is 31.8 Å². The summed E-state index contributed by atoms with van der Waals surface area (Å²) in [6.07, 6.45) is 0. The molecular weight excluding hydrogens is 210 g/mol. The van der Waals surface area contributed by atoms with Gasteiger partial charge in [0.15, 0.2) is 11.5 Å². The zero-order valence-electron chi connectivity index (χ0n) is 8.93. The standard InChI is InChI=1S/C11H15NO2S/c1-12(2)9(6-15)8-3-4-10-11(5-8)14-7-13-10/h3-5,9,15H,6-7H2,1-2H3. The van der Waals surface area contributed by atoms with Crippen LogP contribution in [0, 0.1) is 0 Å². The van der Waals surface area contributed by atoms with Crippen molar-refractivity contribution in [2.45, 2.75) is 6.04 Å². The van der Waals surface area contributed by atoms with E-state index in [1.807, 2.05) is 26.2 Å². The Morgan fingerprint density at radius 1 is 1.33 bits per heavy atom. The molecule has 1 atom stereocenters. The zero-order chi connectivity index (χ0) is 10.8. The number of ether oxygens (including phenoxy) is 2. The summed E-state index contributed by atoms with van der Waals surface area (Å²) in [5.41, 5.74) is 1.21. The van der Waals surface area contributed by atoms with Gasteiger partial charge < -0.3 is 14.4 Å². The first-order valence-corrected chi connectivity index (χ1v) is 5.52. The van der Waals surface area contributed by atoms with E-state index in [4.69, 9.17) is 9.47 Å². The lowest BCUT2D eigenvalue weighted by molar-refractivity contribution is 0.174. The van der Waals surface area contributed by atoms with Crippen LogP contribution >= 0.6 is 12.6 Å². The van der Waals surface area contributed by atoms with Crippen molar-refractivity contribution in [3.8, 4) is 11.5 Å². The number of thiol groups is 1. The van der Waals surface area contributed by atoms with Crippen LogP contribution in [0.4, 0.5) is 0 Å². The van der Waals surface area contributed by atoms with Gasteiger partial charge in [-0.2, -0.15) is 12.6 Å². The third-order valence-corrected chi connectivity index (χ3v) is 2.92. The first-order chi connectivity index (χ1) is 7.22. The maximum absolute atomic E-state index is 5.35. The molecule has 82 valence electrons. The van der Waals surface area contributed by atoms with Gasteiger partial charge in [-0.3, -0.25) is 0 Å². The summed E-state index contributed by atoms with van der Waals surface area (Å²) in [5.74, 6) is 2.45. The Morgan fingerprint density at radius 3 is 2.73 bits per heavy atom. The highest BCUT2D eigenvalue weighted by molar-refractivity contribution is 7.80. The van der Waals surface area contributed by atoms with E-state index in [2.05, 4.69) is 23.6 Å². The lowest BCUT2D eigenvalue weighted by Gasteiger charge is -2.22. The minimum atomic E-state index is 0.308. The van der Waals surface area contributed by atoms with E-state index in [-0.39, 0.29) is 0 Å². The van der Waals surface area contributed by atoms with Gasteiger partial charge in [0.1, 0.15) is 0 Å². The van der Waals surface area contributed by atoms with E-state index in [1.54, 1.807) is 0 Å². The molecule has 2 rings (SSSR count). The summed E-state index contributed by atoms with van der Waals surface area (Å²) in [6.45, 7) is 0.326. The van der Waals surface area contributed by atoms with Crippen molar-refractivity contribution >= 4 is 12.6 Å². The Morgan fingerprint density at radius 2 is 2.07 bits per heavy atom. The Bertz CT molecular complexity index is 354. The third-order valence-electron chi connectivity index (χ3n) is 2.58. The molecular formula is C11H15NO2S. The Labute approximate surface area is 95.4 Å². The van der Waals surface area contributed by atoms with E-state index in [0.29, 0.717) is 12.8 Å². The fourth-order valence-corrected chi connectivity index (χ4v) is 2.22. The molecule has 4 heteroatoms. The summed E-state index contributed by atoms with van der Waals surface area (Å²) in [7, 11) is 4.09. The average Bonchev–Trinajstić information content (AvgIpc) is 2.65. The largest absolute Gasteiger partial charge is 0.454 e. The molecule has 1 aromatic carbocycles. The highest BCUT2D eigenvalue weighted by atomic mass is 32.1. The quantitative estimate of drug-likeness (QED) is 0.795. The van der Waals surface area contributed by atoms with Crippen LogP contribution in [0.15, 0.2) is 18.2 Å². The maximum atomic E-state index is 5.35. The molecule has 1 unspecified atom stereocenters. The van der Waals surface area contributed by atoms with Crippen LogP contribution in [0.5, 0.6) is 11.5 Å². The molecule has 1 heterocycles. The van der Waals surface area contributed by atoms with Gasteiger partial charge in [-0.1, -0.05) is 6.07 Å². The topological polar surface area (TPSA) is 21.7 Å². The Kier molecular flexibility index (Phi) is 3.07. The van der Waals surface area contributed by atoms with Crippen LogP contribution in [0.2, 0.25) is 0 Å². The second-order valence-electron chi connectivity index (χ2n) is 3.77. The second-order valence-corrected chi connectivity index (χ2v) is 4.14. The van der Waals surface area contributed by atoms with Crippen LogP contribution in [0.3, 0.4) is 0 Å². The van der Waals surface area contributed by atoms with Gasteiger partial charge in [-0.15, -0.1) is 0 Å². The smallest absolute Gasteiger partial charge is 0.231 e. The van der Waals surface area contributed by atoms with Gasteiger partial charge in [0.25, 0.3) is 0 Å². The predicted molar refractivity (Wildman–Crippen MR) is 62.8 cm³/mol. The fraction of sp³-hybridized carbons (Fsp3) is 0.455. The van der Waals surface area contributed by atoms with Crippen molar-refractivity contribution in [1.29, 1.82) is 0 Å². The summed E-state index contributed by atoms with van der Waals surface area (Å²) >= 11 is 4.36. The summed E-state index contributed by atoms with van der Waals surface area (Å²) in [5, 5.41) is 0.